The first-order valence-corrected chi connectivity index (χ1v) is 9.35. The number of hydrogen-bond donors (Lipinski definition) is 2. The molecule has 0 aliphatic rings. The molecule has 2 rings (SSSR count). The minimum atomic E-state index is -0.354. The van der Waals surface area contributed by atoms with Crippen molar-refractivity contribution in [1.29, 1.82) is 0 Å². The molecule has 26 heavy (non-hydrogen) atoms. The van der Waals surface area contributed by atoms with Crippen molar-refractivity contribution in [3.63, 3.8) is 0 Å². The Hall–Kier alpha value is -2.05. The van der Waals surface area contributed by atoms with Crippen molar-refractivity contribution in [2.24, 2.45) is 0 Å². The summed E-state index contributed by atoms with van der Waals surface area (Å²) >= 11 is 1.70. The van der Waals surface area contributed by atoms with Gasteiger partial charge < -0.3 is 15.2 Å². The van der Waals surface area contributed by atoms with Crippen LogP contribution in [0.1, 0.15) is 30.9 Å². The zero-order valence-corrected chi connectivity index (χ0v) is 15.8. The molecule has 2 aromatic rings. The normalized spacial score (nSPS) is 11.8. The topological polar surface area (TPSA) is 58.6 Å². The van der Waals surface area contributed by atoms with Crippen LogP contribution in [-0.4, -0.2) is 23.4 Å². The molecule has 4 nitrogen and oxygen atoms in total. The summed E-state index contributed by atoms with van der Waals surface area (Å²) in [5.41, 5.74) is 1.50. The lowest BCUT2D eigenvalue weighted by molar-refractivity contribution is -0.121. The average Bonchev–Trinajstić information content (AvgIpc) is 2.65. The molecule has 0 saturated carbocycles. The average molecular weight is 377 g/mol. The van der Waals surface area contributed by atoms with E-state index in [9.17, 15) is 9.18 Å². The van der Waals surface area contributed by atoms with Gasteiger partial charge in [-0.05, 0) is 42.3 Å². The Morgan fingerprint density at radius 2 is 2.00 bits per heavy atom. The number of methoxy groups -OCH3 is 1. The van der Waals surface area contributed by atoms with Crippen molar-refractivity contribution >= 4 is 17.7 Å². The summed E-state index contributed by atoms with van der Waals surface area (Å²) in [6.07, 6.45) is 1.14. The highest BCUT2D eigenvalue weighted by atomic mass is 32.2. The van der Waals surface area contributed by atoms with Gasteiger partial charge in [-0.15, -0.1) is 11.8 Å². The molecule has 0 saturated heterocycles. The zero-order chi connectivity index (χ0) is 18.9. The van der Waals surface area contributed by atoms with Gasteiger partial charge in [0.15, 0.2) is 0 Å². The number of benzene rings is 2. The second kappa shape index (κ2) is 10.2. The van der Waals surface area contributed by atoms with Crippen LogP contribution >= 0.6 is 11.8 Å². The summed E-state index contributed by atoms with van der Waals surface area (Å²) in [4.78, 5) is 13.2. The number of ether oxygens (including phenoxy) is 1. The number of aliphatic hydroxyl groups excluding tert-OH is 1. The first-order chi connectivity index (χ1) is 12.5. The Morgan fingerprint density at radius 3 is 2.65 bits per heavy atom. The predicted molar refractivity (Wildman–Crippen MR) is 102 cm³/mol. The maximum absolute atomic E-state index is 13.3. The van der Waals surface area contributed by atoms with E-state index in [4.69, 9.17) is 9.84 Å². The number of carbonyl (C=O) groups excluding carboxylic acids is 1. The Labute approximate surface area is 157 Å². The van der Waals surface area contributed by atoms with E-state index in [1.807, 2.05) is 24.3 Å². The molecule has 0 bridgehead atoms. The number of nitrogens with one attached hydrogen (secondary N) is 1. The second-order valence-corrected chi connectivity index (χ2v) is 7.51. The molecular formula is C20H24FNO3S. The fourth-order valence-electron chi connectivity index (χ4n) is 2.47. The van der Waals surface area contributed by atoms with E-state index >= 15 is 0 Å². The molecule has 6 heteroatoms. The summed E-state index contributed by atoms with van der Waals surface area (Å²) in [5, 5.41) is 12.2. The highest BCUT2D eigenvalue weighted by Crippen LogP contribution is 2.26. The third-order valence-electron chi connectivity index (χ3n) is 3.94. The molecule has 0 fully saturated rings. The second-order valence-electron chi connectivity index (χ2n) is 6.00. The smallest absolute Gasteiger partial charge is 0.220 e. The molecule has 2 aromatic carbocycles. The van der Waals surface area contributed by atoms with Crippen LogP contribution in [0.3, 0.4) is 0 Å². The summed E-state index contributed by atoms with van der Waals surface area (Å²) in [6.45, 7) is 2.36. The van der Waals surface area contributed by atoms with Crippen molar-refractivity contribution in [2.45, 2.75) is 43.1 Å². The van der Waals surface area contributed by atoms with Crippen molar-refractivity contribution in [2.75, 3.05) is 7.11 Å². The van der Waals surface area contributed by atoms with Gasteiger partial charge in [0.2, 0.25) is 5.91 Å². The maximum Gasteiger partial charge on any atom is 0.220 e. The summed E-state index contributed by atoms with van der Waals surface area (Å²) < 4.78 is 18.5. The molecule has 1 unspecified atom stereocenters. The van der Waals surface area contributed by atoms with Crippen LogP contribution in [-0.2, 0) is 17.9 Å². The number of carbonyl (C=O) groups is 1. The Kier molecular flexibility index (Phi) is 7.94. The molecule has 0 aliphatic heterocycles. The first kappa shape index (κ1) is 20.3. The molecular weight excluding hydrogens is 353 g/mol. The first-order valence-electron chi connectivity index (χ1n) is 8.47. The van der Waals surface area contributed by atoms with E-state index in [1.54, 1.807) is 17.8 Å². The van der Waals surface area contributed by atoms with Gasteiger partial charge in [-0.3, -0.25) is 4.79 Å². The quantitative estimate of drug-likeness (QED) is 0.651. The molecule has 0 radical (unpaired) electrons. The molecule has 1 atom stereocenters. The van der Waals surface area contributed by atoms with Gasteiger partial charge in [-0.25, -0.2) is 4.39 Å². The van der Waals surface area contributed by atoms with E-state index in [0.717, 1.165) is 16.9 Å². The van der Waals surface area contributed by atoms with Gasteiger partial charge >= 0.3 is 0 Å². The van der Waals surface area contributed by atoms with Crippen LogP contribution in [0.15, 0.2) is 47.4 Å². The van der Waals surface area contributed by atoms with Crippen molar-refractivity contribution in [1.82, 2.24) is 5.32 Å². The van der Waals surface area contributed by atoms with Crippen LogP contribution in [0.5, 0.6) is 5.75 Å². The van der Waals surface area contributed by atoms with E-state index in [0.29, 0.717) is 17.7 Å². The molecule has 140 valence electrons. The third kappa shape index (κ3) is 6.35. The zero-order valence-electron chi connectivity index (χ0n) is 15.0. The minimum absolute atomic E-state index is 0.0385. The van der Waals surface area contributed by atoms with Crippen molar-refractivity contribution in [3.05, 3.63) is 59.4 Å². The van der Waals surface area contributed by atoms with Gasteiger partial charge in [-0.1, -0.05) is 19.1 Å². The highest BCUT2D eigenvalue weighted by Gasteiger charge is 2.10. The lowest BCUT2D eigenvalue weighted by Crippen LogP contribution is -2.23. The van der Waals surface area contributed by atoms with Gasteiger partial charge in [0.1, 0.15) is 11.6 Å². The predicted octanol–water partition coefficient (Wildman–Crippen LogP) is 3.90. The van der Waals surface area contributed by atoms with Gasteiger partial charge in [0, 0.05) is 28.7 Å². The fourth-order valence-corrected chi connectivity index (χ4v) is 3.46. The van der Waals surface area contributed by atoms with Gasteiger partial charge in [0.25, 0.3) is 0 Å². The van der Waals surface area contributed by atoms with Gasteiger partial charge in [-0.2, -0.15) is 0 Å². The molecule has 1 amide bonds. The molecule has 0 aromatic heterocycles. The number of aliphatic hydroxyl groups is 1. The summed E-state index contributed by atoms with van der Waals surface area (Å²) in [5.74, 6) is 0.133. The third-order valence-corrected chi connectivity index (χ3v) is 5.12. The standard InChI is InChI=1S/C20H24FNO3S/c1-14(26-18-7-4-15(13-23)5-8-18)3-10-20(24)22-12-16-11-17(21)6-9-19(16)25-2/h4-9,11,14,23H,3,10,12-13H2,1-2H3,(H,22,24). The highest BCUT2D eigenvalue weighted by molar-refractivity contribution is 7.99. The van der Waals surface area contributed by atoms with Gasteiger partial charge in [0.05, 0.1) is 13.7 Å². The fraction of sp³-hybridized carbons (Fsp3) is 0.350. The minimum Gasteiger partial charge on any atom is -0.496 e. The SMILES string of the molecule is COc1ccc(F)cc1CNC(=O)CCC(C)Sc1ccc(CO)cc1. The number of halogens is 1. The van der Waals surface area contributed by atoms with Crippen molar-refractivity contribution in [3.8, 4) is 5.75 Å². The summed E-state index contributed by atoms with van der Waals surface area (Å²) in [7, 11) is 1.52. The lowest BCUT2D eigenvalue weighted by atomic mass is 10.2. The van der Waals surface area contributed by atoms with E-state index in [2.05, 4.69) is 12.2 Å². The molecule has 0 aliphatic carbocycles. The largest absolute Gasteiger partial charge is 0.496 e. The lowest BCUT2D eigenvalue weighted by Gasteiger charge is -2.13. The van der Waals surface area contributed by atoms with E-state index < -0.39 is 0 Å². The Bertz CT molecular complexity index is 721. The van der Waals surface area contributed by atoms with Crippen LogP contribution in [0, 0.1) is 5.82 Å². The number of amides is 1. The van der Waals surface area contributed by atoms with E-state index in [1.165, 1.54) is 19.2 Å². The van der Waals surface area contributed by atoms with Crippen LogP contribution in [0.25, 0.3) is 0 Å². The monoisotopic (exact) mass is 377 g/mol. The molecule has 0 heterocycles. The molecule has 0 spiro atoms. The number of thioether (sulfide) groups is 1. The van der Waals surface area contributed by atoms with E-state index in [-0.39, 0.29) is 30.1 Å². The summed E-state index contributed by atoms with van der Waals surface area (Å²) in [6, 6.07) is 12.0. The van der Waals surface area contributed by atoms with Crippen LogP contribution in [0.4, 0.5) is 4.39 Å². The Morgan fingerprint density at radius 1 is 1.27 bits per heavy atom. The van der Waals surface area contributed by atoms with Crippen LogP contribution < -0.4 is 10.1 Å². The van der Waals surface area contributed by atoms with Crippen LogP contribution in [0.2, 0.25) is 0 Å². The Balaban J connectivity index is 1.76. The number of rotatable bonds is 9. The number of hydrogen-bond acceptors (Lipinski definition) is 4. The molecule has 2 N–H and O–H groups in total. The van der Waals surface area contributed by atoms with Crippen molar-refractivity contribution < 1.29 is 19.0 Å². The maximum atomic E-state index is 13.3.